The number of hydrogen-bond acceptors (Lipinski definition) is 6. The predicted molar refractivity (Wildman–Crippen MR) is 283 cm³/mol. The Labute approximate surface area is 405 Å². The average molecular weight is 911 g/mol. The summed E-state index contributed by atoms with van der Waals surface area (Å²) in [5.74, 6) is -0.980. The lowest BCUT2D eigenvalue weighted by Gasteiger charge is -2.18. The number of allylic oxidation sites excluding steroid dienone is 22. The van der Waals surface area contributed by atoms with Gasteiger partial charge in [0.05, 0.1) is 0 Å². The zero-order valence-corrected chi connectivity index (χ0v) is 42.1. The van der Waals surface area contributed by atoms with Crippen molar-refractivity contribution >= 4 is 17.9 Å². The van der Waals surface area contributed by atoms with Crippen molar-refractivity contribution in [2.24, 2.45) is 0 Å². The largest absolute Gasteiger partial charge is 0.462 e. The average Bonchev–Trinajstić information content (AvgIpc) is 3.31. The van der Waals surface area contributed by atoms with Crippen LogP contribution in [0.3, 0.4) is 0 Å². The number of esters is 3. The third-order valence-electron chi connectivity index (χ3n) is 10.4. The summed E-state index contributed by atoms with van der Waals surface area (Å²) in [5.41, 5.74) is 0. The SMILES string of the molecule is CC/C=C\C/C=C\C/C=C\C/C=C\C/C=C\C/C=C\C/C=C\C/C=C\CCCCCCC(=O)OCC(COC(=O)CCCCCCCC)OC(=O)CCCCC/C=C\C/C=C\C/C=C\CC. The molecule has 1 atom stereocenters. The maximum atomic E-state index is 12.7. The Balaban J connectivity index is 4.25. The minimum atomic E-state index is -0.804. The molecule has 0 aromatic carbocycles. The Kier molecular flexibility index (Phi) is 49.6. The van der Waals surface area contributed by atoms with Crippen molar-refractivity contribution in [1.29, 1.82) is 0 Å². The first kappa shape index (κ1) is 61.5. The number of ether oxygens (including phenoxy) is 3. The summed E-state index contributed by atoms with van der Waals surface area (Å²) in [4.78, 5) is 37.7. The summed E-state index contributed by atoms with van der Waals surface area (Å²) in [6, 6.07) is 0. The molecule has 0 fully saturated rings. The van der Waals surface area contributed by atoms with Crippen LogP contribution in [0.1, 0.15) is 207 Å². The molecule has 0 spiro atoms. The van der Waals surface area contributed by atoms with Crippen molar-refractivity contribution in [1.82, 2.24) is 0 Å². The fourth-order valence-electron chi connectivity index (χ4n) is 6.53. The maximum Gasteiger partial charge on any atom is 0.306 e. The van der Waals surface area contributed by atoms with E-state index in [9.17, 15) is 14.4 Å². The van der Waals surface area contributed by atoms with E-state index in [1.807, 2.05) is 0 Å². The van der Waals surface area contributed by atoms with E-state index >= 15 is 0 Å². The molecule has 0 radical (unpaired) electrons. The number of hydrogen-bond donors (Lipinski definition) is 0. The van der Waals surface area contributed by atoms with Crippen LogP contribution in [-0.4, -0.2) is 37.2 Å². The van der Waals surface area contributed by atoms with Gasteiger partial charge in [0.25, 0.3) is 0 Å². The van der Waals surface area contributed by atoms with Crippen LogP contribution in [0.4, 0.5) is 0 Å². The molecule has 0 aromatic heterocycles. The minimum absolute atomic E-state index is 0.103. The van der Waals surface area contributed by atoms with E-state index in [4.69, 9.17) is 14.2 Å². The van der Waals surface area contributed by atoms with Gasteiger partial charge in [-0.3, -0.25) is 14.4 Å². The monoisotopic (exact) mass is 911 g/mol. The summed E-state index contributed by atoms with van der Waals surface area (Å²) in [5, 5.41) is 0. The molecule has 1 unspecified atom stereocenters. The van der Waals surface area contributed by atoms with Crippen molar-refractivity contribution in [2.75, 3.05) is 13.2 Å². The highest BCUT2D eigenvalue weighted by atomic mass is 16.6. The van der Waals surface area contributed by atoms with Gasteiger partial charge in [0, 0.05) is 19.3 Å². The zero-order valence-electron chi connectivity index (χ0n) is 42.1. The normalized spacial score (nSPS) is 13.2. The van der Waals surface area contributed by atoms with Gasteiger partial charge in [-0.25, -0.2) is 0 Å². The van der Waals surface area contributed by atoms with Crippen LogP contribution in [0.2, 0.25) is 0 Å². The summed E-state index contributed by atoms with van der Waals surface area (Å²) in [6.07, 6.45) is 74.7. The second kappa shape index (κ2) is 53.2. The van der Waals surface area contributed by atoms with Crippen molar-refractivity contribution in [3.8, 4) is 0 Å². The molecular formula is C60H94O6. The Hall–Kier alpha value is -4.45. The number of rotatable bonds is 45. The molecule has 0 aromatic rings. The molecule has 0 saturated carbocycles. The lowest BCUT2D eigenvalue weighted by molar-refractivity contribution is -0.167. The molecule has 0 rings (SSSR count). The van der Waals surface area contributed by atoms with Gasteiger partial charge in [0.2, 0.25) is 0 Å². The number of carbonyl (C=O) groups is 3. The van der Waals surface area contributed by atoms with Gasteiger partial charge in [-0.1, -0.05) is 206 Å². The first-order valence-electron chi connectivity index (χ1n) is 26.2. The van der Waals surface area contributed by atoms with E-state index in [1.165, 1.54) is 19.3 Å². The molecule has 0 heterocycles. The fraction of sp³-hybridized carbons (Fsp3) is 0.583. The third-order valence-corrected chi connectivity index (χ3v) is 10.4. The maximum absolute atomic E-state index is 12.7. The van der Waals surface area contributed by atoms with Crippen LogP contribution in [0, 0.1) is 0 Å². The number of unbranched alkanes of at least 4 members (excludes halogenated alkanes) is 12. The highest BCUT2D eigenvalue weighted by Gasteiger charge is 2.19. The molecule has 0 N–H and O–H groups in total. The Morgan fingerprint density at radius 3 is 0.939 bits per heavy atom. The molecular weight excluding hydrogens is 817 g/mol. The van der Waals surface area contributed by atoms with Gasteiger partial charge in [-0.05, 0) is 116 Å². The van der Waals surface area contributed by atoms with E-state index in [2.05, 4.69) is 154 Å². The van der Waals surface area contributed by atoms with Gasteiger partial charge < -0.3 is 14.2 Å². The molecule has 0 bridgehead atoms. The smallest absolute Gasteiger partial charge is 0.306 e. The van der Waals surface area contributed by atoms with Crippen LogP contribution in [0.25, 0.3) is 0 Å². The molecule has 66 heavy (non-hydrogen) atoms. The van der Waals surface area contributed by atoms with Crippen molar-refractivity contribution < 1.29 is 28.6 Å². The topological polar surface area (TPSA) is 78.9 Å². The standard InChI is InChI=1S/C60H94O6/c1-4-7-10-13-16-18-20-22-23-24-25-26-27-28-29-30-31-32-33-34-35-36-37-39-40-42-44-47-50-53-59(62)65-56-57(55-64-58(61)52-49-46-15-12-9-6-3)66-60(63)54-51-48-45-43-41-38-21-19-17-14-11-8-5-2/h7-8,10-11,16-19,22-23,25-26,28-29,31-32,34-35,37-39,41,57H,4-6,9,12-15,20-21,24,27,30,33,36,40,42-56H2,1-3H3/b10-7-,11-8-,18-16-,19-17-,23-22-,26-25-,29-28-,32-31-,35-34-,39-37-,41-38-. The lowest BCUT2D eigenvalue weighted by atomic mass is 10.1. The van der Waals surface area contributed by atoms with Crippen LogP contribution in [0.5, 0.6) is 0 Å². The van der Waals surface area contributed by atoms with Crippen LogP contribution in [-0.2, 0) is 28.6 Å². The molecule has 6 nitrogen and oxygen atoms in total. The van der Waals surface area contributed by atoms with E-state index in [0.717, 1.165) is 148 Å². The molecule has 0 aliphatic heterocycles. The summed E-state index contributed by atoms with van der Waals surface area (Å²) in [6.45, 7) is 6.27. The first-order chi connectivity index (χ1) is 32.5. The van der Waals surface area contributed by atoms with E-state index in [-0.39, 0.29) is 37.5 Å². The lowest BCUT2D eigenvalue weighted by Crippen LogP contribution is -2.30. The summed E-state index contributed by atoms with van der Waals surface area (Å²) < 4.78 is 16.6. The van der Waals surface area contributed by atoms with Gasteiger partial charge >= 0.3 is 17.9 Å². The van der Waals surface area contributed by atoms with Crippen LogP contribution >= 0.6 is 0 Å². The van der Waals surface area contributed by atoms with Crippen molar-refractivity contribution in [3.63, 3.8) is 0 Å². The highest BCUT2D eigenvalue weighted by Crippen LogP contribution is 2.12. The Bertz CT molecular complexity index is 1460. The minimum Gasteiger partial charge on any atom is -0.462 e. The van der Waals surface area contributed by atoms with Crippen molar-refractivity contribution in [3.05, 3.63) is 134 Å². The molecule has 0 saturated heterocycles. The van der Waals surface area contributed by atoms with Gasteiger partial charge in [-0.2, -0.15) is 0 Å². The third kappa shape index (κ3) is 50.5. The highest BCUT2D eigenvalue weighted by molar-refractivity contribution is 5.71. The molecule has 370 valence electrons. The Morgan fingerprint density at radius 1 is 0.318 bits per heavy atom. The fourth-order valence-corrected chi connectivity index (χ4v) is 6.53. The van der Waals surface area contributed by atoms with Gasteiger partial charge in [0.15, 0.2) is 6.10 Å². The summed E-state index contributed by atoms with van der Waals surface area (Å²) >= 11 is 0. The van der Waals surface area contributed by atoms with E-state index in [0.29, 0.717) is 12.8 Å². The molecule has 6 heteroatoms. The van der Waals surface area contributed by atoms with Gasteiger partial charge in [0.1, 0.15) is 13.2 Å². The zero-order chi connectivity index (χ0) is 47.9. The van der Waals surface area contributed by atoms with Crippen LogP contribution in [0.15, 0.2) is 134 Å². The molecule has 0 aliphatic rings. The quantitative estimate of drug-likeness (QED) is 0.0262. The van der Waals surface area contributed by atoms with Crippen molar-refractivity contribution in [2.45, 2.75) is 213 Å². The predicted octanol–water partition coefficient (Wildman–Crippen LogP) is 17.5. The summed E-state index contributed by atoms with van der Waals surface area (Å²) in [7, 11) is 0. The second-order valence-electron chi connectivity index (χ2n) is 16.7. The molecule has 0 aliphatic carbocycles. The first-order valence-corrected chi connectivity index (χ1v) is 26.2. The van der Waals surface area contributed by atoms with E-state index in [1.54, 1.807) is 0 Å². The Morgan fingerprint density at radius 2 is 0.591 bits per heavy atom. The second-order valence-corrected chi connectivity index (χ2v) is 16.7. The number of carbonyl (C=O) groups excluding carboxylic acids is 3. The van der Waals surface area contributed by atoms with E-state index < -0.39 is 6.10 Å². The van der Waals surface area contributed by atoms with Crippen LogP contribution < -0.4 is 0 Å². The van der Waals surface area contributed by atoms with Gasteiger partial charge in [-0.15, -0.1) is 0 Å². The molecule has 0 amide bonds.